The van der Waals surface area contributed by atoms with Gasteiger partial charge in [0.05, 0.1) is 0 Å². The summed E-state index contributed by atoms with van der Waals surface area (Å²) in [6, 6.07) is 0. The minimum absolute atomic E-state index is 0.0706. The van der Waals surface area contributed by atoms with Gasteiger partial charge in [-0.2, -0.15) is 0 Å². The van der Waals surface area contributed by atoms with Gasteiger partial charge >= 0.3 is 17.9 Å². The molecule has 0 aliphatic carbocycles. The molecule has 0 aromatic heterocycles. The lowest BCUT2D eigenvalue weighted by atomic mass is 10.0. The summed E-state index contributed by atoms with van der Waals surface area (Å²) in [6.07, 6.45) is 88.1. The van der Waals surface area contributed by atoms with Crippen molar-refractivity contribution in [2.75, 3.05) is 13.2 Å². The van der Waals surface area contributed by atoms with E-state index in [1.807, 2.05) is 0 Å². The molecule has 0 rings (SSSR count). The van der Waals surface area contributed by atoms with Crippen molar-refractivity contribution in [1.29, 1.82) is 0 Å². The van der Waals surface area contributed by atoms with E-state index >= 15 is 0 Å². The van der Waals surface area contributed by atoms with Crippen molar-refractivity contribution in [1.82, 2.24) is 0 Å². The zero-order valence-electron chi connectivity index (χ0n) is 53.6. The van der Waals surface area contributed by atoms with Crippen molar-refractivity contribution in [2.45, 2.75) is 380 Å². The molecule has 1 unspecified atom stereocenters. The minimum Gasteiger partial charge on any atom is -0.462 e. The van der Waals surface area contributed by atoms with Gasteiger partial charge in [-0.15, -0.1) is 0 Å². The van der Waals surface area contributed by atoms with Gasteiger partial charge in [0.25, 0.3) is 0 Å². The number of unbranched alkanes of at least 4 members (excludes halogenated alkanes) is 44. The predicted molar refractivity (Wildman–Crippen MR) is 348 cm³/mol. The monoisotopic (exact) mass is 1120 g/mol. The molecule has 0 aromatic carbocycles. The maximum atomic E-state index is 12.9. The minimum atomic E-state index is -0.775. The molecule has 0 radical (unpaired) electrons. The first kappa shape index (κ1) is 77.1. The summed E-state index contributed by atoms with van der Waals surface area (Å²) in [4.78, 5) is 38.5. The number of ether oxygens (including phenoxy) is 3. The van der Waals surface area contributed by atoms with Crippen LogP contribution in [0.25, 0.3) is 0 Å². The SMILES string of the molecule is CC/C=C\C/C=C\C/C=C\C/C=C\CCCCCCCCCCCCCCCCC(=O)OCC(COC(=O)CCCCCCCCCCCCCCCCCCC)OC(=O)CCCCCCCCC/C=C\CCCCCCCCC. The molecule has 0 aliphatic heterocycles. The van der Waals surface area contributed by atoms with E-state index in [9.17, 15) is 14.4 Å². The average molecular weight is 1120 g/mol. The number of hydrogen-bond acceptors (Lipinski definition) is 6. The highest BCUT2D eigenvalue weighted by Gasteiger charge is 2.19. The van der Waals surface area contributed by atoms with Gasteiger partial charge in [0.15, 0.2) is 6.10 Å². The van der Waals surface area contributed by atoms with E-state index in [2.05, 4.69) is 81.5 Å². The molecule has 6 heteroatoms. The first-order valence-corrected chi connectivity index (χ1v) is 35.3. The zero-order chi connectivity index (χ0) is 57.8. The fourth-order valence-electron chi connectivity index (χ4n) is 10.5. The summed E-state index contributed by atoms with van der Waals surface area (Å²) >= 11 is 0. The van der Waals surface area contributed by atoms with Crippen molar-refractivity contribution in [3.63, 3.8) is 0 Å². The summed E-state index contributed by atoms with van der Waals surface area (Å²) in [6.45, 7) is 6.59. The Bertz CT molecular complexity index is 1430. The lowest BCUT2D eigenvalue weighted by Gasteiger charge is -2.18. The van der Waals surface area contributed by atoms with Crippen molar-refractivity contribution in [3.8, 4) is 0 Å². The van der Waals surface area contributed by atoms with Crippen LogP contribution in [0.4, 0.5) is 0 Å². The Morgan fingerprint density at radius 2 is 0.487 bits per heavy atom. The van der Waals surface area contributed by atoms with E-state index in [1.54, 1.807) is 0 Å². The summed E-state index contributed by atoms with van der Waals surface area (Å²) < 4.78 is 17.0. The zero-order valence-corrected chi connectivity index (χ0v) is 53.6. The molecule has 0 amide bonds. The molecule has 80 heavy (non-hydrogen) atoms. The molecule has 1 atom stereocenters. The molecule has 0 fully saturated rings. The van der Waals surface area contributed by atoms with E-state index in [-0.39, 0.29) is 31.1 Å². The third-order valence-electron chi connectivity index (χ3n) is 15.8. The molecule has 0 aromatic rings. The van der Waals surface area contributed by atoms with Gasteiger partial charge in [-0.1, -0.05) is 332 Å². The van der Waals surface area contributed by atoms with Gasteiger partial charge in [-0.3, -0.25) is 14.4 Å². The molecule has 0 saturated carbocycles. The third kappa shape index (κ3) is 65.9. The van der Waals surface area contributed by atoms with Crippen molar-refractivity contribution >= 4 is 17.9 Å². The van der Waals surface area contributed by atoms with Crippen LogP contribution in [0.3, 0.4) is 0 Å². The Labute approximate surface area is 498 Å². The molecule has 0 N–H and O–H groups in total. The summed E-state index contributed by atoms with van der Waals surface area (Å²) in [5.41, 5.74) is 0. The molecular weight excluding hydrogens is 985 g/mol. The van der Waals surface area contributed by atoms with Crippen LogP contribution in [0.15, 0.2) is 60.8 Å². The van der Waals surface area contributed by atoms with Crippen LogP contribution in [0.1, 0.15) is 374 Å². The molecule has 0 bridgehead atoms. The predicted octanol–water partition coefficient (Wildman–Crippen LogP) is 24.3. The Hall–Kier alpha value is -2.89. The number of rotatable bonds is 65. The average Bonchev–Trinajstić information content (AvgIpc) is 3.46. The van der Waals surface area contributed by atoms with E-state index in [0.29, 0.717) is 19.3 Å². The van der Waals surface area contributed by atoms with Crippen LogP contribution in [0.2, 0.25) is 0 Å². The summed E-state index contributed by atoms with van der Waals surface area (Å²) in [5, 5.41) is 0. The van der Waals surface area contributed by atoms with E-state index in [1.165, 1.54) is 250 Å². The topological polar surface area (TPSA) is 78.9 Å². The molecule has 0 heterocycles. The highest BCUT2D eigenvalue weighted by Crippen LogP contribution is 2.18. The van der Waals surface area contributed by atoms with E-state index in [0.717, 1.165) is 83.5 Å². The summed E-state index contributed by atoms with van der Waals surface area (Å²) in [7, 11) is 0. The molecule has 0 saturated heterocycles. The number of esters is 3. The van der Waals surface area contributed by atoms with Crippen LogP contribution in [-0.2, 0) is 28.6 Å². The molecular formula is C74H134O6. The van der Waals surface area contributed by atoms with Crippen molar-refractivity contribution in [2.24, 2.45) is 0 Å². The van der Waals surface area contributed by atoms with Crippen LogP contribution in [-0.4, -0.2) is 37.2 Å². The fraction of sp³-hybridized carbons (Fsp3) is 0.824. The lowest BCUT2D eigenvalue weighted by molar-refractivity contribution is -0.167. The van der Waals surface area contributed by atoms with Crippen LogP contribution in [0.5, 0.6) is 0 Å². The summed E-state index contributed by atoms with van der Waals surface area (Å²) in [5.74, 6) is -0.849. The number of allylic oxidation sites excluding steroid dienone is 10. The Morgan fingerprint density at radius 1 is 0.263 bits per heavy atom. The molecule has 0 aliphatic rings. The van der Waals surface area contributed by atoms with Gasteiger partial charge < -0.3 is 14.2 Å². The maximum Gasteiger partial charge on any atom is 0.306 e. The normalized spacial score (nSPS) is 12.4. The third-order valence-corrected chi connectivity index (χ3v) is 15.8. The van der Waals surface area contributed by atoms with Crippen LogP contribution in [0, 0.1) is 0 Å². The second-order valence-corrected chi connectivity index (χ2v) is 23.8. The maximum absolute atomic E-state index is 12.9. The standard InChI is InChI=1S/C74H134O6/c1-4-7-10-13-16-19-22-25-28-31-33-34-35-36-37-38-39-40-41-44-46-49-52-55-58-61-64-67-73(76)79-70-71(69-78-72(75)66-63-60-57-54-51-48-45-42-30-27-24-21-18-15-12-9-6-3)80-74(77)68-65-62-59-56-53-50-47-43-32-29-26-23-20-17-14-11-8-5-2/h7,10,16,19,25,28-29,32-34,71H,4-6,8-9,11-15,17-18,20-24,26-27,30-31,35-70H2,1-3H3/b10-7-,19-16-,28-25-,32-29-,34-33-. The van der Waals surface area contributed by atoms with Gasteiger partial charge in [0.2, 0.25) is 0 Å². The van der Waals surface area contributed by atoms with Crippen molar-refractivity contribution < 1.29 is 28.6 Å². The smallest absolute Gasteiger partial charge is 0.306 e. The first-order valence-electron chi connectivity index (χ1n) is 35.3. The van der Waals surface area contributed by atoms with E-state index < -0.39 is 6.10 Å². The van der Waals surface area contributed by atoms with Crippen LogP contribution >= 0.6 is 0 Å². The number of carbonyl (C=O) groups is 3. The number of carbonyl (C=O) groups excluding carboxylic acids is 3. The highest BCUT2D eigenvalue weighted by molar-refractivity contribution is 5.71. The second kappa shape index (κ2) is 68.6. The lowest BCUT2D eigenvalue weighted by Crippen LogP contribution is -2.30. The molecule has 466 valence electrons. The fourth-order valence-corrected chi connectivity index (χ4v) is 10.5. The Balaban J connectivity index is 4.28. The molecule has 0 spiro atoms. The van der Waals surface area contributed by atoms with Crippen molar-refractivity contribution in [3.05, 3.63) is 60.8 Å². The van der Waals surface area contributed by atoms with Crippen LogP contribution < -0.4 is 0 Å². The highest BCUT2D eigenvalue weighted by atomic mass is 16.6. The largest absolute Gasteiger partial charge is 0.462 e. The molecule has 6 nitrogen and oxygen atoms in total. The van der Waals surface area contributed by atoms with E-state index in [4.69, 9.17) is 14.2 Å². The van der Waals surface area contributed by atoms with Gasteiger partial charge in [-0.05, 0) is 83.5 Å². The number of hydrogen-bond donors (Lipinski definition) is 0. The first-order chi connectivity index (χ1) is 39.5. The van der Waals surface area contributed by atoms with Gasteiger partial charge in [-0.25, -0.2) is 0 Å². The van der Waals surface area contributed by atoms with Gasteiger partial charge in [0.1, 0.15) is 13.2 Å². The Morgan fingerprint density at radius 3 is 0.775 bits per heavy atom. The van der Waals surface area contributed by atoms with Gasteiger partial charge in [0, 0.05) is 19.3 Å². The Kier molecular flexibility index (Phi) is 66.1. The quantitative estimate of drug-likeness (QED) is 0.0261. The second-order valence-electron chi connectivity index (χ2n) is 23.8.